The van der Waals surface area contributed by atoms with Crippen LogP contribution in [0.1, 0.15) is 35.2 Å². The molecule has 1 fully saturated rings. The largest absolute Gasteiger partial charge is 0.478 e. The molecule has 0 radical (unpaired) electrons. The summed E-state index contributed by atoms with van der Waals surface area (Å²) in [7, 11) is 0. The lowest BCUT2D eigenvalue weighted by Gasteiger charge is -2.26. The van der Waals surface area contributed by atoms with Gasteiger partial charge < -0.3 is 20.6 Å². The van der Waals surface area contributed by atoms with E-state index in [1.54, 1.807) is 17.0 Å². The highest BCUT2D eigenvalue weighted by Gasteiger charge is 2.16. The molecule has 3 N–H and O–H groups in total. The van der Waals surface area contributed by atoms with Gasteiger partial charge in [0.05, 0.1) is 12.1 Å². The first kappa shape index (κ1) is 16.8. The number of nitrogens with one attached hydrogen (secondary N) is 2. The number of carbonyl (C=O) groups is 3. The molecule has 2 rings (SSSR count). The molecule has 1 saturated heterocycles. The Morgan fingerprint density at radius 1 is 1.00 bits per heavy atom. The molecule has 124 valence electrons. The summed E-state index contributed by atoms with van der Waals surface area (Å²) >= 11 is 0. The lowest BCUT2D eigenvalue weighted by Crippen LogP contribution is -2.45. The predicted octanol–water partition coefficient (Wildman–Crippen LogP) is 1.20. The molecule has 0 spiro atoms. The highest BCUT2D eigenvalue weighted by atomic mass is 16.4. The monoisotopic (exact) mass is 319 g/mol. The third-order valence-corrected chi connectivity index (χ3v) is 3.76. The summed E-state index contributed by atoms with van der Waals surface area (Å²) in [6.07, 6.45) is 3.19. The third-order valence-electron chi connectivity index (χ3n) is 3.76. The third kappa shape index (κ3) is 5.28. The maximum absolute atomic E-state index is 11.9. The Labute approximate surface area is 134 Å². The fraction of sp³-hybridized carbons (Fsp3) is 0.438. The van der Waals surface area contributed by atoms with Crippen LogP contribution >= 0.6 is 0 Å². The number of rotatable bonds is 5. The fourth-order valence-electron chi connectivity index (χ4n) is 2.42. The number of carboxylic acids is 1. The molecule has 1 aromatic rings. The number of nitrogens with zero attached hydrogens (tertiary/aromatic N) is 1. The first-order valence-corrected chi connectivity index (χ1v) is 7.68. The molecular weight excluding hydrogens is 298 g/mol. The Morgan fingerprint density at radius 2 is 1.65 bits per heavy atom. The number of benzene rings is 1. The van der Waals surface area contributed by atoms with Gasteiger partial charge in [-0.25, -0.2) is 9.59 Å². The Hall–Kier alpha value is -2.57. The van der Waals surface area contributed by atoms with Gasteiger partial charge in [-0.3, -0.25) is 4.79 Å². The van der Waals surface area contributed by atoms with Gasteiger partial charge >= 0.3 is 12.0 Å². The number of likely N-dealkylation sites (tertiary alicyclic amines) is 1. The van der Waals surface area contributed by atoms with Gasteiger partial charge in [0, 0.05) is 19.6 Å². The Bertz CT molecular complexity index is 565. The van der Waals surface area contributed by atoms with Crippen LogP contribution in [0.3, 0.4) is 0 Å². The molecular formula is C16H21N3O4. The van der Waals surface area contributed by atoms with Crippen LogP contribution in [-0.2, 0) is 11.3 Å². The second-order valence-electron chi connectivity index (χ2n) is 5.48. The van der Waals surface area contributed by atoms with Crippen LogP contribution in [0.15, 0.2) is 24.3 Å². The molecule has 1 aromatic carbocycles. The van der Waals surface area contributed by atoms with E-state index in [0.717, 1.165) is 37.9 Å². The quantitative estimate of drug-likeness (QED) is 0.759. The number of carbonyl (C=O) groups excluding carboxylic acids is 2. The molecule has 0 atom stereocenters. The lowest BCUT2D eigenvalue weighted by molar-refractivity contribution is -0.130. The maximum atomic E-state index is 11.9. The summed E-state index contributed by atoms with van der Waals surface area (Å²) in [5, 5.41) is 14.0. The van der Waals surface area contributed by atoms with Crippen molar-refractivity contribution in [3.05, 3.63) is 35.4 Å². The van der Waals surface area contributed by atoms with Crippen molar-refractivity contribution in [2.24, 2.45) is 0 Å². The molecule has 1 aliphatic rings. The number of hydrogen-bond acceptors (Lipinski definition) is 3. The van der Waals surface area contributed by atoms with E-state index in [-0.39, 0.29) is 24.6 Å². The standard InChI is InChI=1S/C16H21N3O4/c20-14(19-8-2-1-3-9-19)11-18-16(23)17-10-12-4-6-13(7-5-12)15(21)22/h4-7H,1-3,8-11H2,(H,21,22)(H2,17,18,23). The average molecular weight is 319 g/mol. The van der Waals surface area contributed by atoms with E-state index >= 15 is 0 Å². The summed E-state index contributed by atoms with van der Waals surface area (Å²) in [6, 6.07) is 5.83. The minimum absolute atomic E-state index is 0.0101. The second-order valence-corrected chi connectivity index (χ2v) is 5.48. The second kappa shape index (κ2) is 8.17. The highest BCUT2D eigenvalue weighted by Crippen LogP contribution is 2.08. The zero-order valence-electron chi connectivity index (χ0n) is 12.9. The van der Waals surface area contributed by atoms with Gasteiger partial charge in [0.15, 0.2) is 0 Å². The van der Waals surface area contributed by atoms with Crippen LogP contribution in [0.5, 0.6) is 0 Å². The molecule has 3 amide bonds. The summed E-state index contributed by atoms with van der Waals surface area (Å²) < 4.78 is 0. The van der Waals surface area contributed by atoms with Crippen molar-refractivity contribution in [3.8, 4) is 0 Å². The van der Waals surface area contributed by atoms with E-state index in [4.69, 9.17) is 5.11 Å². The zero-order chi connectivity index (χ0) is 16.7. The Balaban J connectivity index is 1.70. The summed E-state index contributed by atoms with van der Waals surface area (Å²) in [5.41, 5.74) is 0.984. The van der Waals surface area contributed by atoms with Crippen LogP contribution in [0.25, 0.3) is 0 Å². The molecule has 0 saturated carbocycles. The van der Waals surface area contributed by atoms with Crippen molar-refractivity contribution in [1.29, 1.82) is 0 Å². The predicted molar refractivity (Wildman–Crippen MR) is 84.1 cm³/mol. The van der Waals surface area contributed by atoms with E-state index in [1.165, 1.54) is 12.1 Å². The van der Waals surface area contributed by atoms with Gasteiger partial charge in [-0.2, -0.15) is 0 Å². The SMILES string of the molecule is O=C(NCC(=O)N1CCCCC1)NCc1ccc(C(=O)O)cc1. The van der Waals surface area contributed by atoms with Crippen molar-refractivity contribution < 1.29 is 19.5 Å². The van der Waals surface area contributed by atoms with Crippen molar-refractivity contribution in [3.63, 3.8) is 0 Å². The van der Waals surface area contributed by atoms with Crippen LogP contribution in [0.4, 0.5) is 4.79 Å². The first-order valence-electron chi connectivity index (χ1n) is 7.68. The van der Waals surface area contributed by atoms with Crippen molar-refractivity contribution >= 4 is 17.9 Å². The maximum Gasteiger partial charge on any atom is 0.335 e. The molecule has 7 nitrogen and oxygen atoms in total. The van der Waals surface area contributed by atoms with Crippen LogP contribution in [-0.4, -0.2) is 47.5 Å². The van der Waals surface area contributed by atoms with Gasteiger partial charge in [-0.1, -0.05) is 12.1 Å². The van der Waals surface area contributed by atoms with E-state index < -0.39 is 12.0 Å². The number of carboxylic acid groups (broad SMARTS) is 1. The smallest absolute Gasteiger partial charge is 0.335 e. The van der Waals surface area contributed by atoms with Gasteiger partial charge in [0.1, 0.15) is 0 Å². The average Bonchev–Trinajstić information content (AvgIpc) is 2.59. The van der Waals surface area contributed by atoms with Gasteiger partial charge in [-0.05, 0) is 37.0 Å². The van der Waals surface area contributed by atoms with Crippen molar-refractivity contribution in [1.82, 2.24) is 15.5 Å². The number of hydrogen-bond donors (Lipinski definition) is 3. The molecule has 0 unspecified atom stereocenters. The molecule has 0 bridgehead atoms. The van der Waals surface area contributed by atoms with Gasteiger partial charge in [-0.15, -0.1) is 0 Å². The van der Waals surface area contributed by atoms with Crippen molar-refractivity contribution in [2.45, 2.75) is 25.8 Å². The van der Waals surface area contributed by atoms with Crippen molar-refractivity contribution in [2.75, 3.05) is 19.6 Å². The topological polar surface area (TPSA) is 98.7 Å². The van der Waals surface area contributed by atoms with Gasteiger partial charge in [0.2, 0.25) is 5.91 Å². The number of piperidine rings is 1. The zero-order valence-corrected chi connectivity index (χ0v) is 12.9. The molecule has 7 heteroatoms. The highest BCUT2D eigenvalue weighted by molar-refractivity contribution is 5.87. The minimum atomic E-state index is -0.988. The van der Waals surface area contributed by atoms with Crippen LogP contribution in [0.2, 0.25) is 0 Å². The van der Waals surface area contributed by atoms with E-state index in [2.05, 4.69) is 10.6 Å². The summed E-state index contributed by atoms with van der Waals surface area (Å²) in [5.74, 6) is -1.05. The molecule has 0 aliphatic carbocycles. The van der Waals surface area contributed by atoms with E-state index in [9.17, 15) is 14.4 Å². The molecule has 23 heavy (non-hydrogen) atoms. The number of amides is 3. The number of aromatic carboxylic acids is 1. The Morgan fingerprint density at radius 3 is 2.26 bits per heavy atom. The molecule has 1 heterocycles. The van der Waals surface area contributed by atoms with Crippen LogP contribution in [0, 0.1) is 0 Å². The molecule has 1 aliphatic heterocycles. The van der Waals surface area contributed by atoms with Gasteiger partial charge in [0.25, 0.3) is 0 Å². The minimum Gasteiger partial charge on any atom is -0.478 e. The normalized spacial score (nSPS) is 14.2. The first-order chi connectivity index (χ1) is 11.1. The number of urea groups is 1. The Kier molecular flexibility index (Phi) is 5.96. The summed E-state index contributed by atoms with van der Waals surface area (Å²) in [6.45, 7) is 1.78. The van der Waals surface area contributed by atoms with Crippen LogP contribution < -0.4 is 10.6 Å². The fourth-order valence-corrected chi connectivity index (χ4v) is 2.42. The lowest BCUT2D eigenvalue weighted by atomic mass is 10.1. The molecule has 0 aromatic heterocycles. The van der Waals surface area contributed by atoms with E-state index in [1.807, 2.05) is 0 Å². The van der Waals surface area contributed by atoms with E-state index in [0.29, 0.717) is 0 Å². The summed E-state index contributed by atoms with van der Waals surface area (Å²) in [4.78, 5) is 36.1.